The van der Waals surface area contributed by atoms with Gasteiger partial charge in [-0.1, -0.05) is 18.2 Å². The van der Waals surface area contributed by atoms with E-state index in [2.05, 4.69) is 29.8 Å². The van der Waals surface area contributed by atoms with Crippen LogP contribution in [0.25, 0.3) is 5.69 Å². The number of aromatic nitrogens is 3. The number of methoxy groups -OCH3 is 1. The van der Waals surface area contributed by atoms with Crippen LogP contribution in [0.15, 0.2) is 48.5 Å². The number of nitrogens with zero attached hydrogens (tertiary/aromatic N) is 3. The summed E-state index contributed by atoms with van der Waals surface area (Å²) in [6.45, 7) is 4.13. The van der Waals surface area contributed by atoms with Crippen molar-refractivity contribution in [3.63, 3.8) is 0 Å². The lowest BCUT2D eigenvalue weighted by Gasteiger charge is -2.15. The average Bonchev–Trinajstić information content (AvgIpc) is 3.55. The molecule has 1 fully saturated rings. The lowest BCUT2D eigenvalue weighted by molar-refractivity contribution is -0.917. The van der Waals surface area contributed by atoms with Gasteiger partial charge in [0, 0.05) is 17.2 Å². The first kappa shape index (κ1) is 20.6. The zero-order valence-corrected chi connectivity index (χ0v) is 18.6. The zero-order chi connectivity index (χ0) is 21.1. The van der Waals surface area contributed by atoms with Crippen molar-refractivity contribution in [2.24, 2.45) is 0 Å². The second kappa shape index (κ2) is 9.02. The molecule has 7 heteroatoms. The molecule has 4 rings (SSSR count). The highest BCUT2D eigenvalue weighted by molar-refractivity contribution is 7.71. The normalized spacial score (nSPS) is 14.5. The molecule has 2 aromatic carbocycles. The molecule has 30 heavy (non-hydrogen) atoms. The van der Waals surface area contributed by atoms with E-state index in [1.54, 1.807) is 7.11 Å². The maximum absolute atomic E-state index is 5.82. The van der Waals surface area contributed by atoms with E-state index < -0.39 is 0 Å². The van der Waals surface area contributed by atoms with Crippen molar-refractivity contribution in [2.75, 3.05) is 20.8 Å². The van der Waals surface area contributed by atoms with Crippen molar-refractivity contribution in [3.8, 4) is 17.2 Å². The number of quaternary nitrogens is 1. The summed E-state index contributed by atoms with van der Waals surface area (Å²) in [6, 6.07) is 16.4. The molecule has 6 nitrogen and oxygen atoms in total. The number of nitrogens with one attached hydrogen (secondary N) is 1. The van der Waals surface area contributed by atoms with Crippen LogP contribution in [0.2, 0.25) is 0 Å². The Morgan fingerprint density at radius 3 is 2.57 bits per heavy atom. The minimum atomic E-state index is 0.517. The van der Waals surface area contributed by atoms with Gasteiger partial charge in [-0.25, -0.2) is 0 Å². The molecule has 1 atom stereocenters. The molecule has 0 amide bonds. The quantitative estimate of drug-likeness (QED) is 0.534. The van der Waals surface area contributed by atoms with Crippen molar-refractivity contribution < 1.29 is 14.4 Å². The van der Waals surface area contributed by atoms with E-state index >= 15 is 0 Å². The SMILES string of the molecule is CCOc1ccc(C[NH+](C)Cn2nc(C3CC3)n(-c3ccccc3)c2=S)cc1OC. The molecule has 1 aliphatic rings. The fraction of sp³-hybridized carbons (Fsp3) is 0.391. The number of rotatable bonds is 9. The van der Waals surface area contributed by atoms with Crippen molar-refractivity contribution in [2.45, 2.75) is 38.9 Å². The van der Waals surface area contributed by atoms with Gasteiger partial charge >= 0.3 is 0 Å². The van der Waals surface area contributed by atoms with Gasteiger partial charge < -0.3 is 14.4 Å². The van der Waals surface area contributed by atoms with Crippen LogP contribution in [-0.2, 0) is 13.2 Å². The third kappa shape index (κ3) is 4.42. The van der Waals surface area contributed by atoms with E-state index in [0.29, 0.717) is 19.2 Å². The summed E-state index contributed by atoms with van der Waals surface area (Å²) in [5.41, 5.74) is 2.27. The zero-order valence-electron chi connectivity index (χ0n) is 17.8. The van der Waals surface area contributed by atoms with Crippen molar-refractivity contribution in [3.05, 3.63) is 64.7 Å². The first-order valence-electron chi connectivity index (χ1n) is 10.5. The average molecular weight is 426 g/mol. The van der Waals surface area contributed by atoms with Gasteiger partial charge in [0.25, 0.3) is 0 Å². The Morgan fingerprint density at radius 1 is 1.13 bits per heavy atom. The minimum Gasteiger partial charge on any atom is -0.493 e. The highest BCUT2D eigenvalue weighted by atomic mass is 32.1. The smallest absolute Gasteiger partial charge is 0.207 e. The summed E-state index contributed by atoms with van der Waals surface area (Å²) in [4.78, 5) is 1.29. The van der Waals surface area contributed by atoms with Crippen LogP contribution in [0.4, 0.5) is 0 Å². The summed E-state index contributed by atoms with van der Waals surface area (Å²) in [6.07, 6.45) is 2.38. The Morgan fingerprint density at radius 2 is 1.90 bits per heavy atom. The van der Waals surface area contributed by atoms with Gasteiger partial charge in [-0.2, -0.15) is 9.78 Å². The molecule has 1 unspecified atom stereocenters. The van der Waals surface area contributed by atoms with E-state index in [-0.39, 0.29) is 0 Å². The Bertz CT molecular complexity index is 1060. The van der Waals surface area contributed by atoms with Gasteiger partial charge in [0.05, 0.1) is 20.8 Å². The fourth-order valence-corrected chi connectivity index (χ4v) is 4.01. The monoisotopic (exact) mass is 425 g/mol. The lowest BCUT2D eigenvalue weighted by atomic mass is 10.2. The largest absolute Gasteiger partial charge is 0.493 e. The molecule has 0 bridgehead atoms. The standard InChI is InChI=1S/C23H28N4O2S/c1-4-29-20-13-10-17(14-21(20)28-3)15-25(2)16-26-23(30)27(19-8-6-5-7-9-19)22(24-26)18-11-12-18/h5-10,13-14,18H,4,11-12,15-16H2,1-3H3/p+1. The van der Waals surface area contributed by atoms with Crippen LogP contribution in [0, 0.1) is 4.77 Å². The second-order valence-electron chi connectivity index (χ2n) is 7.80. The van der Waals surface area contributed by atoms with Gasteiger partial charge in [0.15, 0.2) is 18.2 Å². The summed E-state index contributed by atoms with van der Waals surface area (Å²) >= 11 is 5.82. The van der Waals surface area contributed by atoms with Crippen LogP contribution in [0.1, 0.15) is 37.1 Å². The molecule has 1 aliphatic carbocycles. The molecule has 0 aliphatic heterocycles. The highest BCUT2D eigenvalue weighted by Gasteiger charge is 2.31. The van der Waals surface area contributed by atoms with Gasteiger partial charge in [-0.05, 0) is 62.3 Å². The number of ether oxygens (including phenoxy) is 2. The van der Waals surface area contributed by atoms with E-state index in [9.17, 15) is 0 Å². The fourth-order valence-electron chi connectivity index (χ4n) is 3.71. The van der Waals surface area contributed by atoms with Crippen LogP contribution >= 0.6 is 12.2 Å². The summed E-state index contributed by atoms with van der Waals surface area (Å²) < 4.78 is 16.0. The second-order valence-corrected chi connectivity index (χ2v) is 8.16. The Hall–Kier alpha value is -2.64. The maximum atomic E-state index is 5.82. The molecule has 158 valence electrons. The number of hydrogen-bond donors (Lipinski definition) is 1. The van der Waals surface area contributed by atoms with Gasteiger partial charge in [-0.3, -0.25) is 4.57 Å². The van der Waals surface area contributed by atoms with Crippen LogP contribution < -0.4 is 14.4 Å². The van der Waals surface area contributed by atoms with E-state index in [1.165, 1.54) is 23.3 Å². The van der Waals surface area contributed by atoms with Crippen molar-refractivity contribution in [1.82, 2.24) is 14.3 Å². The Kier molecular flexibility index (Phi) is 6.20. The van der Waals surface area contributed by atoms with Crippen LogP contribution in [0.3, 0.4) is 0 Å². The summed E-state index contributed by atoms with van der Waals surface area (Å²) in [5.74, 6) is 3.15. The molecular weight excluding hydrogens is 396 g/mol. The van der Waals surface area contributed by atoms with Crippen molar-refractivity contribution in [1.29, 1.82) is 0 Å². The third-order valence-electron chi connectivity index (χ3n) is 5.27. The lowest BCUT2D eigenvalue weighted by Crippen LogP contribution is -3.07. The molecule has 1 N–H and O–H groups in total. The topological polar surface area (TPSA) is 45.7 Å². The molecule has 1 aromatic heterocycles. The van der Waals surface area contributed by atoms with Crippen molar-refractivity contribution >= 4 is 12.2 Å². The summed E-state index contributed by atoms with van der Waals surface area (Å²) in [7, 11) is 3.83. The number of benzene rings is 2. The van der Waals surface area contributed by atoms with E-state index in [0.717, 1.165) is 34.3 Å². The van der Waals surface area contributed by atoms with E-state index in [1.807, 2.05) is 41.9 Å². The molecule has 0 spiro atoms. The Balaban J connectivity index is 1.54. The molecule has 0 saturated heterocycles. The highest BCUT2D eigenvalue weighted by Crippen LogP contribution is 2.40. The van der Waals surface area contributed by atoms with Crippen LogP contribution in [0.5, 0.6) is 11.5 Å². The molecular formula is C23H29N4O2S+. The predicted molar refractivity (Wildman–Crippen MR) is 119 cm³/mol. The van der Waals surface area contributed by atoms with Crippen LogP contribution in [-0.4, -0.2) is 35.1 Å². The Labute approximate surface area is 182 Å². The minimum absolute atomic E-state index is 0.517. The van der Waals surface area contributed by atoms with Gasteiger partial charge in [-0.15, -0.1) is 0 Å². The number of hydrogen-bond acceptors (Lipinski definition) is 4. The molecule has 1 heterocycles. The van der Waals surface area contributed by atoms with E-state index in [4.69, 9.17) is 26.8 Å². The molecule has 3 aromatic rings. The first-order chi connectivity index (χ1) is 14.6. The number of para-hydroxylation sites is 1. The first-order valence-corrected chi connectivity index (χ1v) is 10.9. The van der Waals surface area contributed by atoms with Gasteiger partial charge in [0.2, 0.25) is 4.77 Å². The maximum Gasteiger partial charge on any atom is 0.207 e. The summed E-state index contributed by atoms with van der Waals surface area (Å²) in [5, 5.41) is 4.91. The molecule has 1 saturated carbocycles. The third-order valence-corrected chi connectivity index (χ3v) is 5.67. The van der Waals surface area contributed by atoms with Gasteiger partial charge in [0.1, 0.15) is 12.4 Å². The molecule has 0 radical (unpaired) electrons. The predicted octanol–water partition coefficient (Wildman–Crippen LogP) is 3.36.